The van der Waals surface area contributed by atoms with Crippen molar-refractivity contribution in [2.24, 2.45) is 5.92 Å². The van der Waals surface area contributed by atoms with E-state index in [0.717, 1.165) is 19.7 Å². The number of methoxy groups -OCH3 is 1. The molecule has 0 spiro atoms. The monoisotopic (exact) mass is 244 g/mol. The summed E-state index contributed by atoms with van der Waals surface area (Å²) < 4.78 is 5.19. The van der Waals surface area contributed by atoms with Gasteiger partial charge in [-0.25, -0.2) is 0 Å². The van der Waals surface area contributed by atoms with Crippen molar-refractivity contribution in [3.63, 3.8) is 0 Å². The van der Waals surface area contributed by atoms with Crippen molar-refractivity contribution in [1.82, 2.24) is 10.2 Å². The van der Waals surface area contributed by atoms with Crippen LogP contribution in [0.25, 0.3) is 0 Å². The van der Waals surface area contributed by atoms with E-state index in [1.807, 2.05) is 0 Å². The van der Waals surface area contributed by atoms with E-state index in [1.165, 1.54) is 0 Å². The highest BCUT2D eigenvalue weighted by Gasteiger charge is 2.22. The molecule has 0 amide bonds. The second-order valence-corrected chi connectivity index (χ2v) is 5.61. The van der Waals surface area contributed by atoms with E-state index in [1.54, 1.807) is 7.11 Å². The van der Waals surface area contributed by atoms with Crippen LogP contribution < -0.4 is 5.32 Å². The van der Waals surface area contributed by atoms with Crippen molar-refractivity contribution in [3.8, 4) is 0 Å². The van der Waals surface area contributed by atoms with Crippen LogP contribution in [0.4, 0.5) is 0 Å². The summed E-state index contributed by atoms with van der Waals surface area (Å²) in [6.45, 7) is 16.5. The maximum atomic E-state index is 5.19. The molecule has 0 aliphatic heterocycles. The highest BCUT2D eigenvalue weighted by molar-refractivity contribution is 4.77. The van der Waals surface area contributed by atoms with Gasteiger partial charge in [0.05, 0.1) is 6.61 Å². The summed E-state index contributed by atoms with van der Waals surface area (Å²) in [5.41, 5.74) is 0. The molecule has 2 unspecified atom stereocenters. The van der Waals surface area contributed by atoms with Crippen LogP contribution in [0.15, 0.2) is 0 Å². The Kier molecular flexibility index (Phi) is 8.83. The summed E-state index contributed by atoms with van der Waals surface area (Å²) in [5, 5.41) is 3.52. The van der Waals surface area contributed by atoms with Crippen LogP contribution in [-0.2, 0) is 4.74 Å². The Morgan fingerprint density at radius 2 is 1.65 bits per heavy atom. The van der Waals surface area contributed by atoms with Crippen molar-refractivity contribution >= 4 is 0 Å². The molecular formula is C14H32N2O. The Hall–Kier alpha value is -0.120. The number of ether oxygens (including phenoxy) is 1. The number of hydrogen-bond acceptors (Lipinski definition) is 3. The summed E-state index contributed by atoms with van der Waals surface area (Å²) in [4.78, 5) is 2.52. The molecule has 0 bridgehead atoms. The SMILES string of the molecule is COCCN(C(C)C)C(C)C(C)CNC(C)C. The van der Waals surface area contributed by atoms with Gasteiger partial charge in [0.1, 0.15) is 0 Å². The van der Waals surface area contributed by atoms with E-state index in [0.29, 0.717) is 24.0 Å². The zero-order valence-corrected chi connectivity index (χ0v) is 12.8. The van der Waals surface area contributed by atoms with Crippen LogP contribution in [0.3, 0.4) is 0 Å². The fourth-order valence-electron chi connectivity index (χ4n) is 2.05. The Morgan fingerprint density at radius 1 is 1.06 bits per heavy atom. The molecule has 104 valence electrons. The summed E-state index contributed by atoms with van der Waals surface area (Å²) >= 11 is 0. The van der Waals surface area contributed by atoms with Crippen LogP contribution in [0.2, 0.25) is 0 Å². The minimum absolute atomic E-state index is 0.566. The second kappa shape index (κ2) is 8.90. The van der Waals surface area contributed by atoms with Gasteiger partial charge in [-0.15, -0.1) is 0 Å². The minimum atomic E-state index is 0.566. The smallest absolute Gasteiger partial charge is 0.0589 e. The molecule has 0 radical (unpaired) electrons. The van der Waals surface area contributed by atoms with E-state index >= 15 is 0 Å². The molecule has 0 aliphatic rings. The molecule has 3 nitrogen and oxygen atoms in total. The quantitative estimate of drug-likeness (QED) is 0.674. The normalized spacial score (nSPS) is 15.9. The minimum Gasteiger partial charge on any atom is -0.383 e. The highest BCUT2D eigenvalue weighted by Crippen LogP contribution is 2.13. The molecule has 0 saturated carbocycles. The summed E-state index contributed by atoms with van der Waals surface area (Å²) in [6, 6.07) is 1.72. The van der Waals surface area contributed by atoms with Crippen LogP contribution in [0.5, 0.6) is 0 Å². The molecule has 3 heteroatoms. The number of hydrogen-bond donors (Lipinski definition) is 1. The zero-order chi connectivity index (χ0) is 13.4. The first kappa shape index (κ1) is 16.9. The van der Waals surface area contributed by atoms with E-state index in [9.17, 15) is 0 Å². The fraction of sp³-hybridized carbons (Fsp3) is 1.00. The van der Waals surface area contributed by atoms with E-state index in [4.69, 9.17) is 4.74 Å². The van der Waals surface area contributed by atoms with Gasteiger partial charge in [-0.3, -0.25) is 4.90 Å². The van der Waals surface area contributed by atoms with Gasteiger partial charge in [0.2, 0.25) is 0 Å². The first-order valence-electron chi connectivity index (χ1n) is 6.88. The maximum absolute atomic E-state index is 5.19. The van der Waals surface area contributed by atoms with Crippen molar-refractivity contribution < 1.29 is 4.74 Å². The van der Waals surface area contributed by atoms with Gasteiger partial charge in [-0.1, -0.05) is 20.8 Å². The van der Waals surface area contributed by atoms with Gasteiger partial charge >= 0.3 is 0 Å². The van der Waals surface area contributed by atoms with Crippen molar-refractivity contribution in [2.45, 2.75) is 59.7 Å². The molecule has 0 rings (SSSR count). The number of rotatable bonds is 9. The molecule has 0 fully saturated rings. The maximum Gasteiger partial charge on any atom is 0.0589 e. The van der Waals surface area contributed by atoms with Gasteiger partial charge in [-0.05, 0) is 33.2 Å². The molecule has 0 aromatic heterocycles. The third-order valence-corrected chi connectivity index (χ3v) is 3.41. The lowest BCUT2D eigenvalue weighted by Crippen LogP contribution is -2.46. The molecule has 0 aromatic rings. The lowest BCUT2D eigenvalue weighted by Gasteiger charge is -2.36. The van der Waals surface area contributed by atoms with E-state index in [-0.39, 0.29) is 0 Å². The highest BCUT2D eigenvalue weighted by atomic mass is 16.5. The standard InChI is InChI=1S/C14H32N2O/c1-11(2)15-10-13(5)14(6)16(12(3)4)8-9-17-7/h11-15H,8-10H2,1-7H3. The van der Waals surface area contributed by atoms with Gasteiger partial charge < -0.3 is 10.1 Å². The van der Waals surface area contributed by atoms with E-state index in [2.05, 4.69) is 51.8 Å². The molecule has 1 N–H and O–H groups in total. The van der Waals surface area contributed by atoms with Gasteiger partial charge in [0.25, 0.3) is 0 Å². The van der Waals surface area contributed by atoms with E-state index < -0.39 is 0 Å². The Labute approximate surface area is 108 Å². The van der Waals surface area contributed by atoms with Crippen LogP contribution in [0, 0.1) is 5.92 Å². The predicted molar refractivity (Wildman–Crippen MR) is 75.5 cm³/mol. The molecule has 2 atom stereocenters. The molecule has 0 aliphatic carbocycles. The summed E-state index contributed by atoms with van der Waals surface area (Å²) in [6.07, 6.45) is 0. The van der Waals surface area contributed by atoms with Crippen LogP contribution in [-0.4, -0.2) is 49.8 Å². The average molecular weight is 244 g/mol. The zero-order valence-electron chi connectivity index (χ0n) is 12.8. The predicted octanol–water partition coefficient (Wildman–Crippen LogP) is 2.37. The average Bonchev–Trinajstić information content (AvgIpc) is 2.25. The molecule has 0 heterocycles. The number of nitrogens with one attached hydrogen (secondary N) is 1. The van der Waals surface area contributed by atoms with Gasteiger partial charge in [-0.2, -0.15) is 0 Å². The largest absolute Gasteiger partial charge is 0.383 e. The van der Waals surface area contributed by atoms with Gasteiger partial charge in [0, 0.05) is 31.8 Å². The molecular weight excluding hydrogens is 212 g/mol. The Balaban J connectivity index is 4.23. The summed E-state index contributed by atoms with van der Waals surface area (Å²) in [7, 11) is 1.77. The third-order valence-electron chi connectivity index (χ3n) is 3.41. The first-order valence-corrected chi connectivity index (χ1v) is 6.88. The molecule has 17 heavy (non-hydrogen) atoms. The van der Waals surface area contributed by atoms with Crippen LogP contribution in [0.1, 0.15) is 41.5 Å². The fourth-order valence-corrected chi connectivity index (χ4v) is 2.05. The topological polar surface area (TPSA) is 24.5 Å². The number of nitrogens with zero attached hydrogens (tertiary/aromatic N) is 1. The van der Waals surface area contributed by atoms with Gasteiger partial charge in [0.15, 0.2) is 0 Å². The second-order valence-electron chi connectivity index (χ2n) is 5.61. The molecule has 0 saturated heterocycles. The lowest BCUT2D eigenvalue weighted by atomic mass is 10.0. The first-order chi connectivity index (χ1) is 7.90. The van der Waals surface area contributed by atoms with Crippen molar-refractivity contribution in [3.05, 3.63) is 0 Å². The summed E-state index contributed by atoms with van der Waals surface area (Å²) in [5.74, 6) is 0.650. The molecule has 0 aromatic carbocycles. The lowest BCUT2D eigenvalue weighted by molar-refractivity contribution is 0.0796. The Morgan fingerprint density at radius 3 is 2.06 bits per heavy atom. The van der Waals surface area contributed by atoms with Crippen molar-refractivity contribution in [2.75, 3.05) is 26.8 Å². The van der Waals surface area contributed by atoms with Crippen LogP contribution >= 0.6 is 0 Å². The third kappa shape index (κ3) is 7.02. The van der Waals surface area contributed by atoms with Crippen molar-refractivity contribution in [1.29, 1.82) is 0 Å². The Bertz CT molecular complexity index is 183.